The summed E-state index contributed by atoms with van der Waals surface area (Å²) in [6, 6.07) is 7.15. The van der Waals surface area contributed by atoms with E-state index in [4.69, 9.17) is 0 Å². The molecule has 3 N–H and O–H groups in total. The first-order chi connectivity index (χ1) is 9.61. The summed E-state index contributed by atoms with van der Waals surface area (Å²) in [4.78, 5) is 23.4. The molecule has 2 rings (SSSR count). The summed E-state index contributed by atoms with van der Waals surface area (Å²) in [7, 11) is 1.60. The Labute approximate surface area is 119 Å². The van der Waals surface area contributed by atoms with E-state index in [0.29, 0.717) is 18.0 Å². The summed E-state index contributed by atoms with van der Waals surface area (Å²) in [5.74, 6) is 0.320. The minimum atomic E-state index is -0.107. The van der Waals surface area contributed by atoms with Crippen LogP contribution in [-0.4, -0.2) is 31.4 Å². The Hall–Kier alpha value is -1.88. The summed E-state index contributed by atoms with van der Waals surface area (Å²) in [6.45, 7) is 3.47. The van der Waals surface area contributed by atoms with Crippen LogP contribution in [0.2, 0.25) is 0 Å². The number of carbonyl (C=O) groups excluding carboxylic acids is 2. The van der Waals surface area contributed by atoms with Crippen LogP contribution in [0, 0.1) is 5.92 Å². The lowest BCUT2D eigenvalue weighted by molar-refractivity contribution is -0.123. The zero-order chi connectivity index (χ0) is 14.5. The molecule has 1 fully saturated rings. The Morgan fingerprint density at radius 3 is 2.55 bits per heavy atom. The van der Waals surface area contributed by atoms with Gasteiger partial charge in [0, 0.05) is 19.2 Å². The molecule has 2 amide bonds. The third kappa shape index (κ3) is 3.36. The van der Waals surface area contributed by atoms with Crippen LogP contribution < -0.4 is 16.0 Å². The molecule has 1 saturated heterocycles. The minimum Gasteiger partial charge on any atom is -0.355 e. The van der Waals surface area contributed by atoms with Crippen molar-refractivity contribution in [1.82, 2.24) is 16.0 Å². The van der Waals surface area contributed by atoms with Crippen molar-refractivity contribution in [2.75, 3.05) is 13.6 Å². The van der Waals surface area contributed by atoms with Crippen molar-refractivity contribution in [3.63, 3.8) is 0 Å². The van der Waals surface area contributed by atoms with Crippen LogP contribution in [0.1, 0.15) is 29.3 Å². The van der Waals surface area contributed by atoms with Gasteiger partial charge in [-0.1, -0.05) is 19.1 Å². The second kappa shape index (κ2) is 6.52. The minimum absolute atomic E-state index is 0.0466. The zero-order valence-electron chi connectivity index (χ0n) is 11.9. The Morgan fingerprint density at radius 2 is 2.00 bits per heavy atom. The molecule has 20 heavy (non-hydrogen) atoms. The molecule has 1 aliphatic rings. The van der Waals surface area contributed by atoms with Crippen molar-refractivity contribution >= 4 is 11.8 Å². The first-order valence-electron chi connectivity index (χ1n) is 6.94. The van der Waals surface area contributed by atoms with Crippen molar-refractivity contribution in [2.24, 2.45) is 5.92 Å². The molecule has 1 aliphatic heterocycles. The standard InChI is InChI=1S/C15H21N3O2/c1-10-7-8-17-13(10)15(20)18-9-11-3-5-12(6-4-11)14(19)16-2/h3-6,10,13,17H,7-9H2,1-2H3,(H,16,19)(H,18,20). The highest BCUT2D eigenvalue weighted by atomic mass is 16.2. The molecule has 5 nitrogen and oxygen atoms in total. The van der Waals surface area contributed by atoms with Gasteiger partial charge in [0.25, 0.3) is 5.91 Å². The lowest BCUT2D eigenvalue weighted by Gasteiger charge is -2.15. The Morgan fingerprint density at radius 1 is 1.30 bits per heavy atom. The van der Waals surface area contributed by atoms with Gasteiger partial charge in [0.1, 0.15) is 0 Å². The Bertz CT molecular complexity index is 484. The van der Waals surface area contributed by atoms with Crippen molar-refractivity contribution < 1.29 is 9.59 Å². The Balaban J connectivity index is 1.87. The van der Waals surface area contributed by atoms with Gasteiger partial charge in [0.2, 0.25) is 5.91 Å². The molecular formula is C15H21N3O2. The van der Waals surface area contributed by atoms with E-state index in [2.05, 4.69) is 22.9 Å². The van der Waals surface area contributed by atoms with Gasteiger partial charge in [-0.15, -0.1) is 0 Å². The monoisotopic (exact) mass is 275 g/mol. The molecule has 1 heterocycles. The van der Waals surface area contributed by atoms with Gasteiger partial charge in [0.05, 0.1) is 6.04 Å². The summed E-state index contributed by atoms with van der Waals surface area (Å²) in [6.07, 6.45) is 1.04. The van der Waals surface area contributed by atoms with E-state index in [0.717, 1.165) is 18.5 Å². The van der Waals surface area contributed by atoms with Gasteiger partial charge in [-0.05, 0) is 36.6 Å². The van der Waals surface area contributed by atoms with Gasteiger partial charge in [-0.3, -0.25) is 9.59 Å². The maximum atomic E-state index is 12.0. The molecular weight excluding hydrogens is 254 g/mol. The van der Waals surface area contributed by atoms with Crippen LogP contribution in [0.3, 0.4) is 0 Å². The van der Waals surface area contributed by atoms with Crippen LogP contribution in [0.15, 0.2) is 24.3 Å². The highest BCUT2D eigenvalue weighted by molar-refractivity contribution is 5.93. The van der Waals surface area contributed by atoms with Gasteiger partial charge >= 0.3 is 0 Å². The molecule has 1 aromatic carbocycles. The maximum absolute atomic E-state index is 12.0. The zero-order valence-corrected chi connectivity index (χ0v) is 11.9. The fraction of sp³-hybridized carbons (Fsp3) is 0.467. The van der Waals surface area contributed by atoms with Crippen LogP contribution in [-0.2, 0) is 11.3 Å². The largest absolute Gasteiger partial charge is 0.355 e. The van der Waals surface area contributed by atoms with E-state index < -0.39 is 0 Å². The second-order valence-electron chi connectivity index (χ2n) is 5.19. The van der Waals surface area contributed by atoms with Crippen molar-refractivity contribution in [2.45, 2.75) is 25.9 Å². The predicted octanol–water partition coefficient (Wildman–Crippen LogP) is 0.660. The average Bonchev–Trinajstić information content (AvgIpc) is 2.90. The van der Waals surface area contributed by atoms with Crippen LogP contribution in [0.4, 0.5) is 0 Å². The second-order valence-corrected chi connectivity index (χ2v) is 5.19. The third-order valence-electron chi connectivity index (χ3n) is 3.73. The van der Waals surface area contributed by atoms with E-state index in [1.807, 2.05) is 12.1 Å². The van der Waals surface area contributed by atoms with Crippen LogP contribution >= 0.6 is 0 Å². The van der Waals surface area contributed by atoms with Crippen molar-refractivity contribution in [3.8, 4) is 0 Å². The quantitative estimate of drug-likeness (QED) is 0.756. The first-order valence-corrected chi connectivity index (χ1v) is 6.94. The lowest BCUT2D eigenvalue weighted by atomic mass is 10.0. The summed E-state index contributed by atoms with van der Waals surface area (Å²) >= 11 is 0. The van der Waals surface area contributed by atoms with E-state index in [9.17, 15) is 9.59 Å². The number of hydrogen-bond acceptors (Lipinski definition) is 3. The smallest absolute Gasteiger partial charge is 0.251 e. The van der Waals surface area contributed by atoms with E-state index in [1.54, 1.807) is 19.2 Å². The number of rotatable bonds is 4. The Kier molecular flexibility index (Phi) is 4.74. The number of amides is 2. The first kappa shape index (κ1) is 14.5. The van der Waals surface area contributed by atoms with Crippen LogP contribution in [0.25, 0.3) is 0 Å². The predicted molar refractivity (Wildman–Crippen MR) is 77.3 cm³/mol. The fourth-order valence-electron chi connectivity index (χ4n) is 2.40. The van der Waals surface area contributed by atoms with E-state index in [-0.39, 0.29) is 17.9 Å². The van der Waals surface area contributed by atoms with Crippen LogP contribution in [0.5, 0.6) is 0 Å². The van der Waals surface area contributed by atoms with Gasteiger partial charge < -0.3 is 16.0 Å². The van der Waals surface area contributed by atoms with Gasteiger partial charge in [0.15, 0.2) is 0 Å². The highest BCUT2D eigenvalue weighted by Gasteiger charge is 2.28. The molecule has 5 heteroatoms. The van der Waals surface area contributed by atoms with Crippen molar-refractivity contribution in [1.29, 1.82) is 0 Å². The molecule has 1 aromatic rings. The van der Waals surface area contributed by atoms with Gasteiger partial charge in [-0.25, -0.2) is 0 Å². The molecule has 0 bridgehead atoms. The third-order valence-corrected chi connectivity index (χ3v) is 3.73. The fourth-order valence-corrected chi connectivity index (χ4v) is 2.40. The number of hydrogen-bond donors (Lipinski definition) is 3. The molecule has 0 radical (unpaired) electrons. The number of nitrogens with one attached hydrogen (secondary N) is 3. The molecule has 0 spiro atoms. The average molecular weight is 275 g/mol. The normalized spacial score (nSPS) is 21.5. The topological polar surface area (TPSA) is 70.2 Å². The molecule has 108 valence electrons. The van der Waals surface area contributed by atoms with Crippen molar-refractivity contribution in [3.05, 3.63) is 35.4 Å². The lowest BCUT2D eigenvalue weighted by Crippen LogP contribution is -2.42. The molecule has 0 aliphatic carbocycles. The SMILES string of the molecule is CNC(=O)c1ccc(CNC(=O)C2NCCC2C)cc1. The highest BCUT2D eigenvalue weighted by Crippen LogP contribution is 2.14. The molecule has 2 unspecified atom stereocenters. The molecule has 2 atom stereocenters. The van der Waals surface area contributed by atoms with E-state index >= 15 is 0 Å². The summed E-state index contributed by atoms with van der Waals surface area (Å²) < 4.78 is 0. The molecule has 0 aromatic heterocycles. The molecule has 0 saturated carbocycles. The van der Waals surface area contributed by atoms with Gasteiger partial charge in [-0.2, -0.15) is 0 Å². The van der Waals surface area contributed by atoms with E-state index in [1.165, 1.54) is 0 Å². The number of benzene rings is 1. The number of carbonyl (C=O) groups is 2. The summed E-state index contributed by atoms with van der Waals surface area (Å²) in [5.41, 5.74) is 1.60. The summed E-state index contributed by atoms with van der Waals surface area (Å²) in [5, 5.41) is 8.72. The maximum Gasteiger partial charge on any atom is 0.251 e.